The van der Waals surface area contributed by atoms with Crippen molar-refractivity contribution in [3.63, 3.8) is 0 Å². The molecule has 0 saturated heterocycles. The normalized spacial score (nSPS) is 11.0. The number of hydrogen-bond acceptors (Lipinski definition) is 4. The van der Waals surface area contributed by atoms with Crippen molar-refractivity contribution in [2.45, 2.75) is 19.4 Å². The lowest BCUT2D eigenvalue weighted by Crippen LogP contribution is -2.28. The Balaban J connectivity index is 2.63. The molecule has 1 aromatic carbocycles. The first-order valence-electron chi connectivity index (χ1n) is 5.73. The number of pyridine rings is 1. The highest BCUT2D eigenvalue weighted by Gasteiger charge is 2.19. The van der Waals surface area contributed by atoms with Gasteiger partial charge < -0.3 is 5.32 Å². The Morgan fingerprint density at radius 1 is 1.42 bits per heavy atom. The van der Waals surface area contributed by atoms with Crippen LogP contribution in [0, 0.1) is 22.5 Å². The second-order valence-electron chi connectivity index (χ2n) is 4.68. The zero-order valence-corrected chi connectivity index (χ0v) is 10.7. The van der Waals surface area contributed by atoms with Gasteiger partial charge in [-0.25, -0.2) is 0 Å². The standard InChI is InChI=1S/C14H13N3O2/c1-4-14(2,3)16-11-7-8-12(17(18)19)10-6-5-9-15-13(10)11/h1,5-9,16H,2-3H3. The number of nitrogens with one attached hydrogen (secondary N) is 1. The van der Waals surface area contributed by atoms with Gasteiger partial charge in [-0.2, -0.15) is 0 Å². The molecule has 0 amide bonds. The number of nitrogens with zero attached hydrogens (tertiary/aromatic N) is 2. The Morgan fingerprint density at radius 3 is 2.79 bits per heavy atom. The Labute approximate surface area is 110 Å². The minimum absolute atomic E-state index is 0.0344. The quantitative estimate of drug-likeness (QED) is 0.520. The molecule has 0 spiro atoms. The van der Waals surface area contributed by atoms with Gasteiger partial charge in [0.25, 0.3) is 5.69 Å². The lowest BCUT2D eigenvalue weighted by Gasteiger charge is -2.21. The van der Waals surface area contributed by atoms with Crippen LogP contribution in [0.4, 0.5) is 11.4 Å². The van der Waals surface area contributed by atoms with Gasteiger partial charge in [-0.05, 0) is 32.0 Å². The molecule has 0 aliphatic carbocycles. The Hall–Kier alpha value is -2.61. The molecule has 2 aromatic rings. The van der Waals surface area contributed by atoms with E-state index in [-0.39, 0.29) is 5.69 Å². The van der Waals surface area contributed by atoms with Crippen LogP contribution in [0.5, 0.6) is 0 Å². The van der Waals surface area contributed by atoms with Crippen LogP contribution < -0.4 is 5.32 Å². The van der Waals surface area contributed by atoms with E-state index in [0.717, 1.165) is 0 Å². The topological polar surface area (TPSA) is 68.1 Å². The van der Waals surface area contributed by atoms with Crippen molar-refractivity contribution in [1.82, 2.24) is 4.98 Å². The van der Waals surface area contributed by atoms with E-state index in [9.17, 15) is 10.1 Å². The van der Waals surface area contributed by atoms with Crippen LogP contribution in [0.2, 0.25) is 0 Å². The van der Waals surface area contributed by atoms with E-state index in [4.69, 9.17) is 6.42 Å². The summed E-state index contributed by atoms with van der Waals surface area (Å²) in [6.07, 6.45) is 7.03. The number of fused-ring (bicyclic) bond motifs is 1. The van der Waals surface area contributed by atoms with Crippen molar-refractivity contribution >= 4 is 22.3 Å². The number of non-ortho nitro benzene ring substituents is 1. The molecular formula is C14H13N3O2. The minimum Gasteiger partial charge on any atom is -0.368 e. The summed E-state index contributed by atoms with van der Waals surface area (Å²) < 4.78 is 0. The van der Waals surface area contributed by atoms with Crippen molar-refractivity contribution < 1.29 is 4.92 Å². The molecular weight excluding hydrogens is 242 g/mol. The molecule has 0 atom stereocenters. The first kappa shape index (κ1) is 12.8. The van der Waals surface area contributed by atoms with Gasteiger partial charge in [-0.15, -0.1) is 6.42 Å². The number of rotatable bonds is 3. The zero-order valence-electron chi connectivity index (χ0n) is 10.7. The van der Waals surface area contributed by atoms with Crippen LogP contribution in [0.3, 0.4) is 0 Å². The smallest absolute Gasteiger partial charge is 0.278 e. The van der Waals surface area contributed by atoms with Gasteiger partial charge in [0.05, 0.1) is 21.5 Å². The third-order valence-electron chi connectivity index (χ3n) is 2.75. The molecule has 0 aliphatic heterocycles. The van der Waals surface area contributed by atoms with Crippen LogP contribution in [0.1, 0.15) is 13.8 Å². The summed E-state index contributed by atoms with van der Waals surface area (Å²) in [7, 11) is 0. The molecule has 5 nitrogen and oxygen atoms in total. The summed E-state index contributed by atoms with van der Waals surface area (Å²) in [4.78, 5) is 14.8. The molecule has 0 aliphatic rings. The number of hydrogen-bond donors (Lipinski definition) is 1. The molecule has 19 heavy (non-hydrogen) atoms. The average Bonchev–Trinajstić information content (AvgIpc) is 2.38. The number of nitro groups is 1. The predicted molar refractivity (Wildman–Crippen MR) is 74.9 cm³/mol. The fourth-order valence-electron chi connectivity index (χ4n) is 1.79. The second-order valence-corrected chi connectivity index (χ2v) is 4.68. The summed E-state index contributed by atoms with van der Waals surface area (Å²) >= 11 is 0. The summed E-state index contributed by atoms with van der Waals surface area (Å²) in [6.45, 7) is 3.70. The van der Waals surface area contributed by atoms with Crippen LogP contribution >= 0.6 is 0 Å². The van der Waals surface area contributed by atoms with Crippen LogP contribution in [0.25, 0.3) is 10.9 Å². The van der Waals surface area contributed by atoms with Crippen molar-refractivity contribution in [3.8, 4) is 12.3 Å². The van der Waals surface area contributed by atoms with Crippen molar-refractivity contribution in [1.29, 1.82) is 0 Å². The molecule has 0 saturated carbocycles. The highest BCUT2D eigenvalue weighted by atomic mass is 16.6. The predicted octanol–water partition coefficient (Wildman–Crippen LogP) is 2.97. The molecule has 0 unspecified atom stereocenters. The molecule has 1 aromatic heterocycles. The highest BCUT2D eigenvalue weighted by Crippen LogP contribution is 2.31. The van der Waals surface area contributed by atoms with Gasteiger partial charge in [0.1, 0.15) is 5.52 Å². The number of nitro benzene ring substituents is 1. The van der Waals surface area contributed by atoms with Crippen molar-refractivity contribution in [2.75, 3.05) is 5.32 Å². The van der Waals surface area contributed by atoms with Gasteiger partial charge in [0.15, 0.2) is 0 Å². The third kappa shape index (κ3) is 2.47. The van der Waals surface area contributed by atoms with Gasteiger partial charge in [-0.3, -0.25) is 15.1 Å². The molecule has 0 bridgehead atoms. The lowest BCUT2D eigenvalue weighted by atomic mass is 10.1. The molecule has 1 heterocycles. The first-order valence-corrected chi connectivity index (χ1v) is 5.73. The largest absolute Gasteiger partial charge is 0.368 e. The van der Waals surface area contributed by atoms with Crippen molar-refractivity contribution in [3.05, 3.63) is 40.6 Å². The maximum Gasteiger partial charge on any atom is 0.278 e. The van der Waals surface area contributed by atoms with Crippen LogP contribution in [0.15, 0.2) is 30.5 Å². The SMILES string of the molecule is C#CC(C)(C)Nc1ccc([N+](=O)[O-])c2cccnc12. The first-order chi connectivity index (χ1) is 8.94. The van der Waals surface area contributed by atoms with E-state index in [0.29, 0.717) is 16.6 Å². The summed E-state index contributed by atoms with van der Waals surface area (Å²) in [5, 5.41) is 14.6. The molecule has 96 valence electrons. The maximum atomic E-state index is 11.0. The summed E-state index contributed by atoms with van der Waals surface area (Å²) in [5.74, 6) is 2.62. The number of terminal acetylenes is 1. The van der Waals surface area contributed by atoms with Crippen LogP contribution in [-0.2, 0) is 0 Å². The lowest BCUT2D eigenvalue weighted by molar-refractivity contribution is -0.383. The second kappa shape index (κ2) is 4.58. The monoisotopic (exact) mass is 255 g/mol. The van der Waals surface area contributed by atoms with Gasteiger partial charge in [0, 0.05) is 12.3 Å². The number of aromatic nitrogens is 1. The highest BCUT2D eigenvalue weighted by molar-refractivity contribution is 5.96. The van der Waals surface area contributed by atoms with E-state index in [1.54, 1.807) is 24.4 Å². The maximum absolute atomic E-state index is 11.0. The third-order valence-corrected chi connectivity index (χ3v) is 2.75. The number of anilines is 1. The zero-order chi connectivity index (χ0) is 14.0. The summed E-state index contributed by atoms with van der Waals surface area (Å²) in [5.41, 5.74) is 0.706. The van der Waals surface area contributed by atoms with Gasteiger partial charge in [-0.1, -0.05) is 5.92 Å². The average molecular weight is 255 g/mol. The molecule has 2 rings (SSSR count). The Morgan fingerprint density at radius 2 is 2.16 bits per heavy atom. The van der Waals surface area contributed by atoms with E-state index >= 15 is 0 Å². The van der Waals surface area contributed by atoms with E-state index in [1.807, 2.05) is 13.8 Å². The fraction of sp³-hybridized carbons (Fsp3) is 0.214. The van der Waals surface area contributed by atoms with E-state index < -0.39 is 10.5 Å². The van der Waals surface area contributed by atoms with Crippen LogP contribution in [-0.4, -0.2) is 15.4 Å². The van der Waals surface area contributed by atoms with E-state index in [1.165, 1.54) is 6.07 Å². The molecule has 0 radical (unpaired) electrons. The number of benzene rings is 1. The van der Waals surface area contributed by atoms with Gasteiger partial charge in [0.2, 0.25) is 0 Å². The van der Waals surface area contributed by atoms with Crippen molar-refractivity contribution in [2.24, 2.45) is 0 Å². The molecule has 1 N–H and O–H groups in total. The summed E-state index contributed by atoms with van der Waals surface area (Å²) in [6, 6.07) is 6.44. The molecule has 0 fully saturated rings. The minimum atomic E-state index is -0.555. The Kier molecular flexibility index (Phi) is 3.09. The molecule has 5 heteroatoms. The van der Waals surface area contributed by atoms with Gasteiger partial charge >= 0.3 is 0 Å². The fourth-order valence-corrected chi connectivity index (χ4v) is 1.79. The Bertz CT molecular complexity index is 687. The van der Waals surface area contributed by atoms with E-state index in [2.05, 4.69) is 16.2 Å².